The second kappa shape index (κ2) is 13.0. The Morgan fingerprint density at radius 1 is 0.870 bits per heavy atom. The van der Waals surface area contributed by atoms with Gasteiger partial charge in [-0.1, -0.05) is 76.8 Å². The number of aromatic hydroxyl groups is 2. The number of unbranched alkanes of at least 4 members (excludes halogenated alkanes) is 5. The molecule has 3 aliphatic rings. The second-order valence-corrected chi connectivity index (χ2v) is 12.4. The average Bonchev–Trinajstić information content (AvgIpc) is 3.39. The molecule has 5 rings (SSSR count). The number of amides is 2. The van der Waals surface area contributed by atoms with Crippen LogP contribution in [0.25, 0.3) is 17.8 Å². The summed E-state index contributed by atoms with van der Waals surface area (Å²) in [6.07, 6.45) is 18.9. The van der Waals surface area contributed by atoms with Gasteiger partial charge in [-0.3, -0.25) is 19.2 Å². The Balaban J connectivity index is 1.56. The molecule has 1 aliphatic carbocycles. The molecule has 2 aromatic heterocycles. The maximum atomic E-state index is 13.5. The van der Waals surface area contributed by atoms with E-state index >= 15 is 0 Å². The molecule has 4 heterocycles. The first-order valence-corrected chi connectivity index (χ1v) is 16.1. The standard InChI is InChI=1S/C36H42N2O8/c1-6-8-10-11-12-13-15-17-24-28(39)31(42)27-33(46-24)36(38(5)35(27)44)20-22(16-14-9-7-2)23(36)18-19-25-29(40)30(41)26-32(45-25)21(3)37(4)34(26)43/h12-13,15,17-19,22-23,39-40H,3,6-11,14,16,20H2,1-2,4-5H3/b13-12+,17-15+,19-18+/t22-,23+,36+/m0/s1. The minimum Gasteiger partial charge on any atom is -0.502 e. The summed E-state index contributed by atoms with van der Waals surface area (Å²) in [6.45, 7) is 8.09. The van der Waals surface area contributed by atoms with Gasteiger partial charge < -0.3 is 28.8 Å². The average molecular weight is 631 g/mol. The minimum absolute atomic E-state index is 0.00593. The molecule has 46 heavy (non-hydrogen) atoms. The van der Waals surface area contributed by atoms with Crippen molar-refractivity contribution >= 4 is 29.7 Å². The van der Waals surface area contributed by atoms with Crippen LogP contribution < -0.4 is 10.9 Å². The van der Waals surface area contributed by atoms with Gasteiger partial charge in [-0.05, 0) is 43.8 Å². The Morgan fingerprint density at radius 2 is 1.52 bits per heavy atom. The van der Waals surface area contributed by atoms with E-state index in [2.05, 4.69) is 20.4 Å². The Hall–Kier alpha value is -4.60. The molecular weight excluding hydrogens is 588 g/mol. The number of rotatable bonds is 12. The highest BCUT2D eigenvalue weighted by Gasteiger charge is 2.64. The van der Waals surface area contributed by atoms with Crippen LogP contribution in [0, 0.1) is 11.8 Å². The van der Waals surface area contributed by atoms with Crippen molar-refractivity contribution < 1.29 is 28.6 Å². The highest BCUT2D eigenvalue weighted by molar-refractivity contribution is 6.07. The third-order valence-corrected chi connectivity index (χ3v) is 9.66. The molecular formula is C36H42N2O8. The fourth-order valence-electron chi connectivity index (χ4n) is 6.92. The lowest BCUT2D eigenvalue weighted by Gasteiger charge is -2.55. The van der Waals surface area contributed by atoms with Crippen molar-refractivity contribution in [2.24, 2.45) is 11.8 Å². The van der Waals surface area contributed by atoms with E-state index in [1.807, 2.05) is 12.2 Å². The zero-order chi connectivity index (χ0) is 33.3. The van der Waals surface area contributed by atoms with Crippen LogP contribution >= 0.6 is 0 Å². The summed E-state index contributed by atoms with van der Waals surface area (Å²) >= 11 is 0. The van der Waals surface area contributed by atoms with Gasteiger partial charge in [0.15, 0.2) is 17.3 Å². The highest BCUT2D eigenvalue weighted by Crippen LogP contribution is 2.60. The fourth-order valence-corrected chi connectivity index (χ4v) is 6.92. The number of carbonyl (C=O) groups excluding carboxylic acids is 2. The summed E-state index contributed by atoms with van der Waals surface area (Å²) in [4.78, 5) is 55.1. The molecule has 10 nitrogen and oxygen atoms in total. The zero-order valence-corrected chi connectivity index (χ0v) is 26.9. The van der Waals surface area contributed by atoms with Crippen molar-refractivity contribution in [3.05, 3.63) is 85.5 Å². The topological polar surface area (TPSA) is 142 Å². The SMILES string of the molecule is C=C1c2oc(/C=C/[C@@H]3[C@@H](CCCCC)C[C@]34c3oc(/C=C/C=C/CCCCC)c(O)c(=O)c3C(=O)N4C)c(O)c(=O)c2C(=O)N1C. The fraction of sp³-hybridized carbons (Fsp3) is 0.444. The lowest BCUT2D eigenvalue weighted by Crippen LogP contribution is -2.58. The Bertz CT molecular complexity index is 1780. The summed E-state index contributed by atoms with van der Waals surface area (Å²) in [6, 6.07) is 0. The molecule has 2 aliphatic heterocycles. The van der Waals surface area contributed by atoms with Crippen molar-refractivity contribution in [2.45, 2.75) is 77.2 Å². The molecule has 1 saturated carbocycles. The van der Waals surface area contributed by atoms with Crippen LogP contribution in [0.3, 0.4) is 0 Å². The van der Waals surface area contributed by atoms with Crippen molar-refractivity contribution in [1.29, 1.82) is 0 Å². The number of hydrogen-bond acceptors (Lipinski definition) is 8. The molecule has 10 heteroatoms. The van der Waals surface area contributed by atoms with Gasteiger partial charge in [0.2, 0.25) is 22.4 Å². The number of allylic oxidation sites excluding steroid dienone is 3. The van der Waals surface area contributed by atoms with Crippen molar-refractivity contribution in [3.63, 3.8) is 0 Å². The van der Waals surface area contributed by atoms with Gasteiger partial charge in [-0.2, -0.15) is 0 Å². The maximum Gasteiger partial charge on any atom is 0.266 e. The van der Waals surface area contributed by atoms with E-state index in [1.165, 1.54) is 29.0 Å². The Labute approximate surface area is 268 Å². The summed E-state index contributed by atoms with van der Waals surface area (Å²) < 4.78 is 12.1. The first kappa shape index (κ1) is 32.8. The van der Waals surface area contributed by atoms with Crippen molar-refractivity contribution in [3.8, 4) is 11.5 Å². The molecule has 2 aromatic rings. The molecule has 0 unspecified atom stereocenters. The minimum atomic E-state index is -1.03. The van der Waals surface area contributed by atoms with Gasteiger partial charge >= 0.3 is 0 Å². The Kier molecular flexibility index (Phi) is 9.28. The van der Waals surface area contributed by atoms with Crippen LogP contribution in [-0.2, 0) is 5.54 Å². The molecule has 2 N–H and O–H groups in total. The predicted molar refractivity (Wildman–Crippen MR) is 175 cm³/mol. The smallest absolute Gasteiger partial charge is 0.266 e. The molecule has 1 fully saturated rings. The van der Waals surface area contributed by atoms with Gasteiger partial charge in [0.05, 0.1) is 5.70 Å². The molecule has 3 atom stereocenters. The molecule has 0 saturated heterocycles. The zero-order valence-electron chi connectivity index (χ0n) is 26.9. The van der Waals surface area contributed by atoms with Gasteiger partial charge in [0.25, 0.3) is 11.8 Å². The predicted octanol–water partition coefficient (Wildman–Crippen LogP) is 6.42. The van der Waals surface area contributed by atoms with Crippen LogP contribution in [0.4, 0.5) is 0 Å². The number of nitrogens with zero attached hydrogens (tertiary/aromatic N) is 2. The highest BCUT2D eigenvalue weighted by atomic mass is 16.4. The lowest BCUT2D eigenvalue weighted by atomic mass is 9.56. The quantitative estimate of drug-likeness (QED) is 0.202. The van der Waals surface area contributed by atoms with Crippen LogP contribution in [0.5, 0.6) is 11.5 Å². The molecule has 0 aromatic carbocycles. The third kappa shape index (κ3) is 5.23. The number of carbonyl (C=O) groups is 2. The molecule has 0 radical (unpaired) electrons. The first-order valence-electron chi connectivity index (χ1n) is 16.1. The van der Waals surface area contributed by atoms with Crippen LogP contribution in [-0.4, -0.2) is 45.9 Å². The van der Waals surface area contributed by atoms with Crippen LogP contribution in [0.1, 0.15) is 115 Å². The van der Waals surface area contributed by atoms with Gasteiger partial charge in [-0.25, -0.2) is 0 Å². The summed E-state index contributed by atoms with van der Waals surface area (Å²) in [5.41, 5.74) is -2.92. The van der Waals surface area contributed by atoms with Crippen molar-refractivity contribution in [1.82, 2.24) is 9.80 Å². The number of hydrogen-bond donors (Lipinski definition) is 2. The van der Waals surface area contributed by atoms with Crippen LogP contribution in [0.2, 0.25) is 0 Å². The van der Waals surface area contributed by atoms with E-state index in [0.29, 0.717) is 6.42 Å². The molecule has 2 amide bonds. The number of fused-ring (bicyclic) bond motifs is 3. The molecule has 0 bridgehead atoms. The van der Waals surface area contributed by atoms with E-state index in [-0.39, 0.29) is 51.7 Å². The van der Waals surface area contributed by atoms with Crippen LogP contribution in [0.15, 0.2) is 49.3 Å². The van der Waals surface area contributed by atoms with E-state index < -0.39 is 39.7 Å². The Morgan fingerprint density at radius 3 is 2.22 bits per heavy atom. The van der Waals surface area contributed by atoms with E-state index in [9.17, 15) is 29.4 Å². The van der Waals surface area contributed by atoms with E-state index in [4.69, 9.17) is 8.83 Å². The monoisotopic (exact) mass is 630 g/mol. The summed E-state index contributed by atoms with van der Waals surface area (Å²) in [5, 5.41) is 21.5. The largest absolute Gasteiger partial charge is 0.502 e. The van der Waals surface area contributed by atoms with Crippen molar-refractivity contribution in [2.75, 3.05) is 14.1 Å². The molecule has 1 spiro atoms. The van der Waals surface area contributed by atoms with E-state index in [1.54, 1.807) is 19.2 Å². The second-order valence-electron chi connectivity index (χ2n) is 12.4. The van der Waals surface area contributed by atoms with Gasteiger partial charge in [0, 0.05) is 20.0 Å². The lowest BCUT2D eigenvalue weighted by molar-refractivity contribution is -0.0529. The molecule has 244 valence electrons. The third-order valence-electron chi connectivity index (χ3n) is 9.66. The van der Waals surface area contributed by atoms with Gasteiger partial charge in [0.1, 0.15) is 22.4 Å². The summed E-state index contributed by atoms with van der Waals surface area (Å²) in [5.74, 6) is -2.76. The van der Waals surface area contributed by atoms with E-state index in [0.717, 1.165) is 51.4 Å². The summed E-state index contributed by atoms with van der Waals surface area (Å²) in [7, 11) is 3.08. The maximum absolute atomic E-state index is 13.5. The normalized spacial score (nSPS) is 22.3. The van der Waals surface area contributed by atoms with Gasteiger partial charge in [-0.15, -0.1) is 0 Å². The first-order chi connectivity index (χ1) is 22.0.